The van der Waals surface area contributed by atoms with Crippen molar-refractivity contribution in [2.45, 2.75) is 97.1 Å². The number of aliphatic imine (C=N–C) groups is 1. The van der Waals surface area contributed by atoms with E-state index in [-0.39, 0.29) is 6.04 Å². The first-order valence-electron chi connectivity index (χ1n) is 16.5. The molecule has 44 heavy (non-hydrogen) atoms. The zero-order valence-corrected chi connectivity index (χ0v) is 27.3. The van der Waals surface area contributed by atoms with Crippen LogP contribution in [0.2, 0.25) is 0 Å². The Kier molecular flexibility index (Phi) is 8.52. The monoisotopic (exact) mass is 581 g/mol. The zero-order valence-electron chi connectivity index (χ0n) is 27.3. The van der Waals surface area contributed by atoms with E-state index >= 15 is 0 Å². The lowest BCUT2D eigenvalue weighted by Crippen LogP contribution is -2.28. The van der Waals surface area contributed by atoms with Crippen LogP contribution in [0.1, 0.15) is 123 Å². The zero-order chi connectivity index (χ0) is 31.0. The van der Waals surface area contributed by atoms with Gasteiger partial charge in [-0.25, -0.2) is 4.99 Å². The maximum absolute atomic E-state index is 5.52. The summed E-state index contributed by atoms with van der Waals surface area (Å²) in [6.07, 6.45) is 13.2. The third-order valence-electron chi connectivity index (χ3n) is 10.1. The molecule has 3 nitrogen and oxygen atoms in total. The van der Waals surface area contributed by atoms with Crippen molar-refractivity contribution in [2.75, 3.05) is 10.6 Å². The van der Waals surface area contributed by atoms with Gasteiger partial charge in [0.1, 0.15) is 0 Å². The van der Waals surface area contributed by atoms with Crippen LogP contribution in [0.3, 0.4) is 0 Å². The van der Waals surface area contributed by atoms with E-state index in [2.05, 4.69) is 131 Å². The predicted octanol–water partition coefficient (Wildman–Crippen LogP) is 10.7. The molecular formula is C41H47N3. The highest BCUT2D eigenvalue weighted by Crippen LogP contribution is 2.47. The van der Waals surface area contributed by atoms with Crippen LogP contribution in [0.25, 0.3) is 11.8 Å². The first-order chi connectivity index (χ1) is 21.3. The third-order valence-corrected chi connectivity index (χ3v) is 10.1. The highest BCUT2D eigenvalue weighted by Gasteiger charge is 2.34. The van der Waals surface area contributed by atoms with Crippen molar-refractivity contribution < 1.29 is 0 Å². The van der Waals surface area contributed by atoms with E-state index in [0.29, 0.717) is 23.8 Å². The van der Waals surface area contributed by atoms with Crippen LogP contribution < -0.4 is 10.6 Å². The first-order valence-corrected chi connectivity index (χ1v) is 16.5. The number of nitrogens with zero attached hydrogens (tertiary/aromatic N) is 1. The second-order valence-corrected chi connectivity index (χ2v) is 13.2. The second-order valence-electron chi connectivity index (χ2n) is 13.2. The summed E-state index contributed by atoms with van der Waals surface area (Å²) in [5, 5.41) is 7.91. The highest BCUT2D eigenvalue weighted by atomic mass is 15.0. The first kappa shape index (κ1) is 30.0. The molecule has 2 unspecified atom stereocenters. The number of anilines is 2. The van der Waals surface area contributed by atoms with Crippen LogP contribution in [0.5, 0.6) is 0 Å². The van der Waals surface area contributed by atoms with Gasteiger partial charge in [-0.05, 0) is 96.2 Å². The molecule has 2 heterocycles. The summed E-state index contributed by atoms with van der Waals surface area (Å²) in [5.41, 5.74) is 18.2. The van der Waals surface area contributed by atoms with Gasteiger partial charge >= 0.3 is 0 Å². The summed E-state index contributed by atoms with van der Waals surface area (Å²) in [4.78, 5) is 5.52. The van der Waals surface area contributed by atoms with Gasteiger partial charge in [0.2, 0.25) is 0 Å². The Labute approximate surface area is 264 Å². The lowest BCUT2D eigenvalue weighted by atomic mass is 9.74. The van der Waals surface area contributed by atoms with Crippen LogP contribution in [0.15, 0.2) is 84.1 Å². The average molecular weight is 582 g/mol. The molecule has 2 aliphatic heterocycles. The SMILES string of the molecule is C=C=CC(=N/C(=C\C)c1cccc2c1NC(C)CC2)C1Nc2c(C(C)C)cccc2[C@H](C)[C@@H](C)c2ccc3c(c21)C=CCC3. The van der Waals surface area contributed by atoms with Crippen LogP contribution in [-0.2, 0) is 12.8 Å². The lowest BCUT2D eigenvalue weighted by Gasteiger charge is -2.37. The molecule has 3 aromatic carbocycles. The van der Waals surface area contributed by atoms with Crippen molar-refractivity contribution in [1.82, 2.24) is 0 Å². The Hall–Kier alpha value is -4.07. The molecule has 1 aliphatic carbocycles. The molecule has 0 amide bonds. The van der Waals surface area contributed by atoms with Gasteiger partial charge in [-0.1, -0.05) is 101 Å². The van der Waals surface area contributed by atoms with E-state index in [1.165, 1.54) is 50.3 Å². The maximum atomic E-state index is 5.52. The minimum atomic E-state index is -0.174. The van der Waals surface area contributed by atoms with Gasteiger partial charge in [0.25, 0.3) is 0 Å². The second kappa shape index (κ2) is 12.5. The minimum Gasteiger partial charge on any atom is -0.382 e. The van der Waals surface area contributed by atoms with Crippen molar-refractivity contribution in [3.8, 4) is 0 Å². The molecule has 226 valence electrons. The number of nitrogens with one attached hydrogen (secondary N) is 2. The molecule has 0 saturated carbocycles. The van der Waals surface area contributed by atoms with Gasteiger partial charge in [0.05, 0.1) is 17.5 Å². The van der Waals surface area contributed by atoms with Gasteiger partial charge in [0.15, 0.2) is 0 Å². The topological polar surface area (TPSA) is 36.4 Å². The Morgan fingerprint density at radius 1 is 0.932 bits per heavy atom. The third kappa shape index (κ3) is 5.39. The molecular weight excluding hydrogens is 534 g/mol. The van der Waals surface area contributed by atoms with Gasteiger partial charge in [-0.2, -0.15) is 0 Å². The number of fused-ring (bicyclic) bond motifs is 5. The Morgan fingerprint density at radius 3 is 2.50 bits per heavy atom. The number of allylic oxidation sites excluding steroid dienone is 2. The molecule has 6 rings (SSSR count). The molecule has 0 aromatic heterocycles. The number of benzene rings is 3. The van der Waals surface area contributed by atoms with Crippen LogP contribution in [-0.4, -0.2) is 11.8 Å². The number of hydrogen-bond donors (Lipinski definition) is 2. The quantitative estimate of drug-likeness (QED) is 0.232. The Balaban J connectivity index is 1.61. The number of para-hydroxylation sites is 2. The normalized spacial score (nSPS) is 22.7. The molecule has 0 bridgehead atoms. The molecule has 3 aliphatic rings. The summed E-state index contributed by atoms with van der Waals surface area (Å²) in [6.45, 7) is 17.8. The number of aryl methyl sites for hydroxylation is 2. The maximum Gasteiger partial charge on any atom is 0.0955 e. The summed E-state index contributed by atoms with van der Waals surface area (Å²) in [5.74, 6) is 1.07. The summed E-state index contributed by atoms with van der Waals surface area (Å²) in [6, 6.07) is 18.5. The molecule has 4 atom stereocenters. The fraction of sp³-hybridized carbons (Fsp3) is 0.366. The molecule has 3 heteroatoms. The van der Waals surface area contributed by atoms with Crippen molar-refractivity contribution in [1.29, 1.82) is 0 Å². The molecule has 3 aromatic rings. The van der Waals surface area contributed by atoms with Gasteiger partial charge < -0.3 is 10.6 Å². The molecule has 0 spiro atoms. The van der Waals surface area contributed by atoms with E-state index in [1.807, 2.05) is 6.08 Å². The molecule has 0 radical (unpaired) electrons. The summed E-state index contributed by atoms with van der Waals surface area (Å²) in [7, 11) is 0. The fourth-order valence-corrected chi connectivity index (χ4v) is 7.45. The van der Waals surface area contributed by atoms with E-state index in [0.717, 1.165) is 42.7 Å². The van der Waals surface area contributed by atoms with E-state index in [4.69, 9.17) is 4.99 Å². The smallest absolute Gasteiger partial charge is 0.0955 e. The largest absolute Gasteiger partial charge is 0.382 e. The lowest BCUT2D eigenvalue weighted by molar-refractivity contribution is 0.609. The molecule has 0 fully saturated rings. The van der Waals surface area contributed by atoms with E-state index < -0.39 is 0 Å². The van der Waals surface area contributed by atoms with Crippen molar-refractivity contribution in [2.24, 2.45) is 4.99 Å². The summed E-state index contributed by atoms with van der Waals surface area (Å²) >= 11 is 0. The van der Waals surface area contributed by atoms with Gasteiger partial charge in [0, 0.05) is 29.1 Å². The fourth-order valence-electron chi connectivity index (χ4n) is 7.45. The van der Waals surface area contributed by atoms with Crippen molar-refractivity contribution in [3.05, 3.63) is 124 Å². The van der Waals surface area contributed by atoms with E-state index in [1.54, 1.807) is 0 Å². The summed E-state index contributed by atoms with van der Waals surface area (Å²) < 4.78 is 0. The number of rotatable bonds is 5. The van der Waals surface area contributed by atoms with Crippen LogP contribution in [0.4, 0.5) is 11.4 Å². The van der Waals surface area contributed by atoms with Crippen molar-refractivity contribution >= 4 is 28.9 Å². The number of hydrogen-bond acceptors (Lipinski definition) is 3. The Bertz CT molecular complexity index is 1710. The van der Waals surface area contributed by atoms with Gasteiger partial charge in [-0.15, -0.1) is 5.73 Å². The average Bonchev–Trinajstić information content (AvgIpc) is 3.03. The van der Waals surface area contributed by atoms with E-state index in [9.17, 15) is 0 Å². The highest BCUT2D eigenvalue weighted by molar-refractivity contribution is 6.06. The predicted molar refractivity (Wildman–Crippen MR) is 190 cm³/mol. The molecule has 0 saturated heterocycles. The standard InChI is InChI=1S/C41H47N3/c1-8-14-37(43-36(9-2)35-20-12-16-30-22-21-26(5)42-39(30)35)41-38-32(24-23-29-15-10-11-17-34(29)38)27(6)28(7)33-19-13-18-31(25(3)4)40(33)44-41/h9,11-14,16-20,23-28,41-42,44H,1,10,15,21-22H2,2-7H3/b36-9-,43-37?/t26?,27-,28-,41?/m1/s1. The van der Waals surface area contributed by atoms with Crippen molar-refractivity contribution in [3.63, 3.8) is 0 Å². The van der Waals surface area contributed by atoms with Crippen LogP contribution in [0, 0.1) is 0 Å². The van der Waals surface area contributed by atoms with Gasteiger partial charge in [-0.3, -0.25) is 0 Å². The van der Waals surface area contributed by atoms with Crippen LogP contribution >= 0.6 is 0 Å². The minimum absolute atomic E-state index is 0.174. The Morgan fingerprint density at radius 2 is 1.73 bits per heavy atom. The molecule has 2 N–H and O–H groups in total.